The van der Waals surface area contributed by atoms with Crippen LogP contribution >= 0.6 is 22.9 Å². The van der Waals surface area contributed by atoms with Gasteiger partial charge in [0.1, 0.15) is 0 Å². The van der Waals surface area contributed by atoms with Crippen LogP contribution in [-0.2, 0) is 11.8 Å². The summed E-state index contributed by atoms with van der Waals surface area (Å²) in [5.41, 5.74) is 1.49. The molecule has 6 nitrogen and oxygen atoms in total. The predicted octanol–water partition coefficient (Wildman–Crippen LogP) is 3.24. The van der Waals surface area contributed by atoms with E-state index in [0.29, 0.717) is 15.8 Å². The van der Waals surface area contributed by atoms with Crippen LogP contribution in [0.1, 0.15) is 4.88 Å². The monoisotopic (exact) mass is 345 g/mol. The molecule has 2 aromatic heterocycles. The molecule has 0 aliphatic carbocycles. The van der Waals surface area contributed by atoms with E-state index in [4.69, 9.17) is 11.6 Å². The summed E-state index contributed by atoms with van der Waals surface area (Å²) < 4.78 is 2.26. The fraction of sp³-hybridized carbons (Fsp3) is 0.0667. The van der Waals surface area contributed by atoms with E-state index in [1.807, 2.05) is 24.3 Å². The Morgan fingerprint density at radius 1 is 1.35 bits per heavy atom. The van der Waals surface area contributed by atoms with Crippen molar-refractivity contribution < 1.29 is 4.79 Å². The normalized spacial score (nSPS) is 11.0. The first-order valence-corrected chi connectivity index (χ1v) is 7.88. The smallest absolute Gasteiger partial charge is 0.248 e. The maximum atomic E-state index is 12.0. The average Bonchev–Trinajstić information content (AvgIpc) is 3.14. The van der Waals surface area contributed by atoms with Gasteiger partial charge in [0.15, 0.2) is 5.82 Å². The highest BCUT2D eigenvalue weighted by atomic mass is 35.5. The number of thiophene rings is 1. The summed E-state index contributed by atoms with van der Waals surface area (Å²) in [4.78, 5) is 12.9. The maximum Gasteiger partial charge on any atom is 0.248 e. The number of carbonyl (C=O) groups excluding carboxylic acids is 1. The van der Waals surface area contributed by atoms with Crippen LogP contribution in [0.2, 0.25) is 4.34 Å². The van der Waals surface area contributed by atoms with E-state index in [9.17, 15) is 4.79 Å². The molecule has 3 aromatic rings. The molecular weight excluding hydrogens is 334 g/mol. The highest BCUT2D eigenvalue weighted by Crippen LogP contribution is 2.23. The van der Waals surface area contributed by atoms with Crippen LogP contribution in [0.25, 0.3) is 17.5 Å². The first-order valence-electron chi connectivity index (χ1n) is 6.69. The Hall–Kier alpha value is -2.51. The number of anilines is 1. The molecule has 0 aliphatic heterocycles. The van der Waals surface area contributed by atoms with Gasteiger partial charge < -0.3 is 5.32 Å². The van der Waals surface area contributed by atoms with Gasteiger partial charge in [0.25, 0.3) is 0 Å². The minimum absolute atomic E-state index is 0.220. The third kappa shape index (κ3) is 3.82. The Labute approximate surface area is 141 Å². The van der Waals surface area contributed by atoms with Crippen molar-refractivity contribution in [1.29, 1.82) is 0 Å². The van der Waals surface area contributed by atoms with Gasteiger partial charge in [0.2, 0.25) is 5.91 Å². The van der Waals surface area contributed by atoms with Gasteiger partial charge in [0, 0.05) is 29.3 Å². The lowest BCUT2D eigenvalue weighted by Gasteiger charge is -2.04. The topological polar surface area (TPSA) is 72.7 Å². The van der Waals surface area contributed by atoms with E-state index in [1.165, 1.54) is 17.4 Å². The molecule has 0 radical (unpaired) electrons. The van der Waals surface area contributed by atoms with Gasteiger partial charge in [-0.05, 0) is 40.8 Å². The van der Waals surface area contributed by atoms with E-state index in [2.05, 4.69) is 20.8 Å². The van der Waals surface area contributed by atoms with Gasteiger partial charge in [0.05, 0.1) is 4.34 Å². The van der Waals surface area contributed by atoms with Crippen molar-refractivity contribution in [2.24, 2.45) is 7.05 Å². The molecule has 1 N–H and O–H groups in total. The summed E-state index contributed by atoms with van der Waals surface area (Å²) in [5, 5.41) is 14.2. The Bertz CT molecular complexity index is 870. The molecule has 1 amide bonds. The van der Waals surface area contributed by atoms with Crippen LogP contribution in [0.5, 0.6) is 0 Å². The van der Waals surface area contributed by atoms with Crippen LogP contribution < -0.4 is 5.32 Å². The van der Waals surface area contributed by atoms with E-state index < -0.39 is 0 Å². The Kier molecular flexibility index (Phi) is 4.50. The van der Waals surface area contributed by atoms with Gasteiger partial charge in [-0.1, -0.05) is 23.7 Å². The van der Waals surface area contributed by atoms with Gasteiger partial charge >= 0.3 is 0 Å². The Morgan fingerprint density at radius 2 is 2.22 bits per heavy atom. The zero-order chi connectivity index (χ0) is 16.2. The lowest BCUT2D eigenvalue weighted by molar-refractivity contribution is -0.111. The largest absolute Gasteiger partial charge is 0.322 e. The minimum atomic E-state index is -0.220. The molecule has 0 fully saturated rings. The molecule has 0 aliphatic rings. The van der Waals surface area contributed by atoms with Crippen LogP contribution in [0.15, 0.2) is 42.5 Å². The van der Waals surface area contributed by atoms with Crippen molar-refractivity contribution in [3.05, 3.63) is 51.7 Å². The molecule has 8 heteroatoms. The first-order chi connectivity index (χ1) is 11.1. The van der Waals surface area contributed by atoms with E-state index >= 15 is 0 Å². The molecule has 0 atom stereocenters. The molecule has 116 valence electrons. The number of hydrogen-bond acceptors (Lipinski definition) is 5. The predicted molar refractivity (Wildman–Crippen MR) is 91.2 cm³/mol. The van der Waals surface area contributed by atoms with E-state index in [1.54, 1.807) is 29.9 Å². The van der Waals surface area contributed by atoms with Crippen molar-refractivity contribution in [3.8, 4) is 11.4 Å². The van der Waals surface area contributed by atoms with Crippen molar-refractivity contribution in [2.75, 3.05) is 5.32 Å². The summed E-state index contributed by atoms with van der Waals surface area (Å²) in [5.74, 6) is 0.410. The van der Waals surface area contributed by atoms with E-state index in [-0.39, 0.29) is 5.91 Å². The number of hydrogen-bond donors (Lipinski definition) is 1. The van der Waals surface area contributed by atoms with Gasteiger partial charge in [-0.3, -0.25) is 4.79 Å². The summed E-state index contributed by atoms with van der Waals surface area (Å²) >= 11 is 7.26. The lowest BCUT2D eigenvalue weighted by atomic mass is 10.2. The van der Waals surface area contributed by atoms with Crippen LogP contribution in [-0.4, -0.2) is 26.1 Å². The number of halogens is 1. The second-order valence-corrected chi connectivity index (χ2v) is 6.42. The maximum absolute atomic E-state index is 12.0. The second kappa shape index (κ2) is 6.72. The molecule has 0 unspecified atom stereocenters. The fourth-order valence-corrected chi connectivity index (χ4v) is 2.93. The number of amides is 1. The first kappa shape index (κ1) is 15.4. The Morgan fingerprint density at radius 3 is 2.91 bits per heavy atom. The number of nitrogens with one attached hydrogen (secondary N) is 1. The Balaban J connectivity index is 1.72. The highest BCUT2D eigenvalue weighted by molar-refractivity contribution is 7.17. The molecule has 0 saturated heterocycles. The summed E-state index contributed by atoms with van der Waals surface area (Å²) in [6.07, 6.45) is 3.20. The molecular formula is C15H12ClN5OS. The van der Waals surface area contributed by atoms with Crippen LogP contribution in [0.4, 0.5) is 5.69 Å². The molecule has 0 bridgehead atoms. The number of benzene rings is 1. The number of aromatic nitrogens is 4. The average molecular weight is 346 g/mol. The molecule has 23 heavy (non-hydrogen) atoms. The molecule has 0 spiro atoms. The van der Waals surface area contributed by atoms with Crippen molar-refractivity contribution in [2.45, 2.75) is 0 Å². The lowest BCUT2D eigenvalue weighted by Crippen LogP contribution is -2.07. The SMILES string of the molecule is Cn1nnnc1-c1cccc(NC(=O)/C=C/c2ccc(Cl)s2)c1. The van der Waals surface area contributed by atoms with Gasteiger partial charge in [-0.25, -0.2) is 4.68 Å². The summed E-state index contributed by atoms with van der Waals surface area (Å²) in [7, 11) is 1.76. The zero-order valence-electron chi connectivity index (χ0n) is 12.1. The number of rotatable bonds is 4. The third-order valence-electron chi connectivity index (χ3n) is 3.00. The van der Waals surface area contributed by atoms with E-state index in [0.717, 1.165) is 10.4 Å². The van der Waals surface area contributed by atoms with Crippen molar-refractivity contribution in [3.63, 3.8) is 0 Å². The standard InChI is InChI=1S/C15H12ClN5OS/c1-21-15(18-19-20-21)10-3-2-4-11(9-10)17-14(22)8-6-12-5-7-13(16)23-12/h2-9H,1H3,(H,17,22)/b8-6+. The fourth-order valence-electron chi connectivity index (χ4n) is 1.97. The summed E-state index contributed by atoms with van der Waals surface area (Å²) in [6, 6.07) is 11.0. The van der Waals surface area contributed by atoms with Crippen LogP contribution in [0, 0.1) is 0 Å². The number of tetrazole rings is 1. The van der Waals surface area contributed by atoms with Crippen molar-refractivity contribution >= 4 is 40.6 Å². The third-order valence-corrected chi connectivity index (χ3v) is 4.20. The van der Waals surface area contributed by atoms with Gasteiger partial charge in [-0.15, -0.1) is 16.4 Å². The number of nitrogens with zero attached hydrogens (tertiary/aromatic N) is 4. The zero-order valence-corrected chi connectivity index (χ0v) is 13.7. The van der Waals surface area contributed by atoms with Crippen molar-refractivity contribution in [1.82, 2.24) is 20.2 Å². The quantitative estimate of drug-likeness (QED) is 0.737. The van der Waals surface area contributed by atoms with Gasteiger partial charge in [-0.2, -0.15) is 0 Å². The molecule has 3 rings (SSSR count). The van der Waals surface area contributed by atoms with Crippen LogP contribution in [0.3, 0.4) is 0 Å². The molecule has 0 saturated carbocycles. The summed E-state index contributed by atoms with van der Waals surface area (Å²) in [6.45, 7) is 0. The molecule has 1 aromatic carbocycles. The molecule has 2 heterocycles. The minimum Gasteiger partial charge on any atom is -0.322 e. The highest BCUT2D eigenvalue weighted by Gasteiger charge is 2.07. The number of carbonyl (C=O) groups is 1. The second-order valence-electron chi connectivity index (χ2n) is 4.67. The number of aryl methyl sites for hydroxylation is 1.